The SMILES string of the molecule is Cc1cc2c(NC3CNC(=O)C3)ccc(N)c2cn1. The third-order valence-electron chi connectivity index (χ3n) is 3.41. The fraction of sp³-hybridized carbons (Fsp3) is 0.286. The van der Waals surface area contributed by atoms with Crippen LogP contribution in [0, 0.1) is 6.92 Å². The Bertz CT molecular complexity index is 653. The van der Waals surface area contributed by atoms with Gasteiger partial charge in [-0.15, -0.1) is 0 Å². The van der Waals surface area contributed by atoms with Gasteiger partial charge in [0.25, 0.3) is 0 Å². The van der Waals surface area contributed by atoms with Crippen LogP contribution in [0.1, 0.15) is 12.1 Å². The van der Waals surface area contributed by atoms with Gasteiger partial charge in [0.15, 0.2) is 0 Å². The maximum atomic E-state index is 11.2. The average Bonchev–Trinajstić information content (AvgIpc) is 2.78. The van der Waals surface area contributed by atoms with Crippen molar-refractivity contribution in [1.82, 2.24) is 10.3 Å². The Morgan fingerprint density at radius 2 is 2.26 bits per heavy atom. The van der Waals surface area contributed by atoms with Crippen LogP contribution < -0.4 is 16.4 Å². The van der Waals surface area contributed by atoms with Crippen molar-refractivity contribution in [2.24, 2.45) is 0 Å². The molecule has 4 N–H and O–H groups in total. The number of carbonyl (C=O) groups excluding carboxylic acids is 1. The number of nitrogen functional groups attached to an aromatic ring is 1. The van der Waals surface area contributed by atoms with Gasteiger partial charge in [0.05, 0.1) is 6.04 Å². The molecule has 98 valence electrons. The predicted octanol–water partition coefficient (Wildman–Crippen LogP) is 1.43. The van der Waals surface area contributed by atoms with Crippen LogP contribution >= 0.6 is 0 Å². The van der Waals surface area contributed by atoms with Gasteiger partial charge in [0.2, 0.25) is 5.91 Å². The molecular weight excluding hydrogens is 240 g/mol. The lowest BCUT2D eigenvalue weighted by molar-refractivity contribution is -0.119. The fourth-order valence-electron chi connectivity index (χ4n) is 2.42. The molecule has 1 fully saturated rings. The highest BCUT2D eigenvalue weighted by Gasteiger charge is 2.21. The first-order valence-electron chi connectivity index (χ1n) is 6.31. The second-order valence-electron chi connectivity index (χ2n) is 4.92. The summed E-state index contributed by atoms with van der Waals surface area (Å²) < 4.78 is 0. The minimum atomic E-state index is 0.0927. The van der Waals surface area contributed by atoms with E-state index in [2.05, 4.69) is 15.6 Å². The van der Waals surface area contributed by atoms with Crippen molar-refractivity contribution >= 4 is 28.1 Å². The van der Waals surface area contributed by atoms with Gasteiger partial charge in [0, 0.05) is 47.0 Å². The lowest BCUT2D eigenvalue weighted by Crippen LogP contribution is -2.22. The number of aryl methyl sites for hydroxylation is 1. The highest BCUT2D eigenvalue weighted by atomic mass is 16.1. The number of benzene rings is 1. The molecule has 0 bridgehead atoms. The van der Waals surface area contributed by atoms with Gasteiger partial charge >= 0.3 is 0 Å². The van der Waals surface area contributed by atoms with E-state index < -0.39 is 0 Å². The van der Waals surface area contributed by atoms with Crippen LogP contribution in [0.4, 0.5) is 11.4 Å². The molecule has 0 saturated carbocycles. The highest BCUT2D eigenvalue weighted by molar-refractivity contribution is 6.01. The van der Waals surface area contributed by atoms with E-state index in [-0.39, 0.29) is 11.9 Å². The summed E-state index contributed by atoms with van der Waals surface area (Å²) in [7, 11) is 0. The van der Waals surface area contributed by atoms with Gasteiger partial charge in [-0.05, 0) is 25.1 Å². The molecule has 2 aromatic rings. The van der Waals surface area contributed by atoms with Crippen LogP contribution in [0.2, 0.25) is 0 Å². The number of aromatic nitrogens is 1. The first-order valence-corrected chi connectivity index (χ1v) is 6.31. The summed E-state index contributed by atoms with van der Waals surface area (Å²) in [6.07, 6.45) is 2.30. The van der Waals surface area contributed by atoms with Gasteiger partial charge in [-0.1, -0.05) is 0 Å². The quantitative estimate of drug-likeness (QED) is 0.710. The molecule has 2 heterocycles. The average molecular weight is 256 g/mol. The molecule has 1 amide bonds. The number of amides is 1. The zero-order valence-corrected chi connectivity index (χ0v) is 10.7. The summed E-state index contributed by atoms with van der Waals surface area (Å²) >= 11 is 0. The number of pyridine rings is 1. The van der Waals surface area contributed by atoms with Gasteiger partial charge in [0.1, 0.15) is 0 Å². The molecule has 5 nitrogen and oxygen atoms in total. The van der Waals surface area contributed by atoms with Crippen LogP contribution in [0.5, 0.6) is 0 Å². The van der Waals surface area contributed by atoms with E-state index in [1.54, 1.807) is 6.20 Å². The third-order valence-corrected chi connectivity index (χ3v) is 3.41. The van der Waals surface area contributed by atoms with E-state index in [1.165, 1.54) is 0 Å². The molecule has 1 aliphatic rings. The second-order valence-corrected chi connectivity index (χ2v) is 4.92. The molecule has 1 unspecified atom stereocenters. The van der Waals surface area contributed by atoms with Crippen molar-refractivity contribution in [3.63, 3.8) is 0 Å². The molecule has 19 heavy (non-hydrogen) atoms. The summed E-state index contributed by atoms with van der Waals surface area (Å²) in [5, 5.41) is 8.21. The molecule has 1 atom stereocenters. The van der Waals surface area contributed by atoms with Crippen LogP contribution in [0.3, 0.4) is 0 Å². The smallest absolute Gasteiger partial charge is 0.222 e. The monoisotopic (exact) mass is 256 g/mol. The molecule has 1 aliphatic heterocycles. The minimum Gasteiger partial charge on any atom is -0.398 e. The maximum absolute atomic E-state index is 11.2. The number of nitrogens with zero attached hydrogens (tertiary/aromatic N) is 1. The molecule has 5 heteroatoms. The van der Waals surface area contributed by atoms with Crippen molar-refractivity contribution < 1.29 is 4.79 Å². The highest BCUT2D eigenvalue weighted by Crippen LogP contribution is 2.29. The Balaban J connectivity index is 2.01. The van der Waals surface area contributed by atoms with Crippen LogP contribution in [-0.4, -0.2) is 23.5 Å². The number of anilines is 2. The number of hydrogen-bond donors (Lipinski definition) is 3. The number of fused-ring (bicyclic) bond motifs is 1. The van der Waals surface area contributed by atoms with E-state index >= 15 is 0 Å². The molecule has 0 aliphatic carbocycles. The summed E-state index contributed by atoms with van der Waals surface area (Å²) in [6, 6.07) is 5.97. The van der Waals surface area contributed by atoms with E-state index in [0.717, 1.165) is 22.2 Å². The lowest BCUT2D eigenvalue weighted by atomic mass is 10.1. The number of nitrogens with two attached hydrogens (primary N) is 1. The number of carbonyl (C=O) groups is 1. The topological polar surface area (TPSA) is 80.0 Å². The Hall–Kier alpha value is -2.30. The summed E-state index contributed by atoms with van der Waals surface area (Å²) in [4.78, 5) is 15.5. The Morgan fingerprint density at radius 3 is 3.00 bits per heavy atom. The van der Waals surface area contributed by atoms with Crippen molar-refractivity contribution in [2.45, 2.75) is 19.4 Å². The fourth-order valence-corrected chi connectivity index (χ4v) is 2.42. The van der Waals surface area contributed by atoms with Gasteiger partial charge in [-0.25, -0.2) is 0 Å². The van der Waals surface area contributed by atoms with Gasteiger partial charge in [-0.3, -0.25) is 9.78 Å². The Morgan fingerprint density at radius 1 is 1.42 bits per heavy atom. The molecule has 3 rings (SSSR count). The largest absolute Gasteiger partial charge is 0.398 e. The van der Waals surface area contributed by atoms with Crippen molar-refractivity contribution in [1.29, 1.82) is 0 Å². The molecule has 1 aromatic carbocycles. The first-order chi connectivity index (χ1) is 9.13. The zero-order chi connectivity index (χ0) is 13.4. The number of hydrogen-bond acceptors (Lipinski definition) is 4. The Kier molecular flexibility index (Phi) is 2.74. The van der Waals surface area contributed by atoms with E-state index in [4.69, 9.17) is 5.73 Å². The van der Waals surface area contributed by atoms with Crippen molar-refractivity contribution in [3.8, 4) is 0 Å². The maximum Gasteiger partial charge on any atom is 0.222 e. The van der Waals surface area contributed by atoms with E-state index in [1.807, 2.05) is 25.1 Å². The molecular formula is C14H16N4O. The standard InChI is InChI=1S/C14H16N4O/c1-8-4-10-11(7-16-8)12(15)2-3-13(10)18-9-5-14(19)17-6-9/h2-4,7,9,18H,5-6,15H2,1H3,(H,17,19). The first kappa shape index (κ1) is 11.8. The van der Waals surface area contributed by atoms with Gasteiger partial charge in [-0.2, -0.15) is 0 Å². The predicted molar refractivity (Wildman–Crippen MR) is 75.9 cm³/mol. The number of rotatable bonds is 2. The van der Waals surface area contributed by atoms with E-state index in [9.17, 15) is 4.79 Å². The normalized spacial score (nSPS) is 18.6. The number of nitrogens with one attached hydrogen (secondary N) is 2. The lowest BCUT2D eigenvalue weighted by Gasteiger charge is -2.15. The van der Waals surface area contributed by atoms with Gasteiger partial charge < -0.3 is 16.4 Å². The van der Waals surface area contributed by atoms with E-state index in [0.29, 0.717) is 18.7 Å². The Labute approximate surface area is 111 Å². The summed E-state index contributed by atoms with van der Waals surface area (Å²) in [5.41, 5.74) is 8.63. The molecule has 0 spiro atoms. The van der Waals surface area contributed by atoms with Crippen LogP contribution in [0.25, 0.3) is 10.8 Å². The molecule has 1 saturated heterocycles. The molecule has 0 radical (unpaired) electrons. The van der Waals surface area contributed by atoms with Crippen molar-refractivity contribution in [3.05, 3.63) is 30.1 Å². The van der Waals surface area contributed by atoms with Crippen molar-refractivity contribution in [2.75, 3.05) is 17.6 Å². The summed E-state index contributed by atoms with van der Waals surface area (Å²) in [5.74, 6) is 0.0927. The minimum absolute atomic E-state index is 0.0927. The summed E-state index contributed by atoms with van der Waals surface area (Å²) in [6.45, 7) is 2.61. The van der Waals surface area contributed by atoms with Crippen LogP contribution in [-0.2, 0) is 4.79 Å². The second kappa shape index (κ2) is 4.42. The zero-order valence-electron chi connectivity index (χ0n) is 10.7. The van der Waals surface area contributed by atoms with Crippen LogP contribution in [0.15, 0.2) is 24.4 Å². The molecule has 1 aromatic heterocycles. The third kappa shape index (κ3) is 2.19.